The van der Waals surface area contributed by atoms with Crippen molar-refractivity contribution in [3.63, 3.8) is 0 Å². The highest BCUT2D eigenvalue weighted by Crippen LogP contribution is 2.25. The van der Waals surface area contributed by atoms with Gasteiger partial charge in [-0.25, -0.2) is 9.50 Å². The Balaban J connectivity index is 2.13. The summed E-state index contributed by atoms with van der Waals surface area (Å²) in [7, 11) is 0. The van der Waals surface area contributed by atoms with Crippen LogP contribution in [0.1, 0.15) is 34.8 Å². The van der Waals surface area contributed by atoms with Crippen molar-refractivity contribution in [1.82, 2.24) is 19.9 Å². The molecule has 1 N–H and O–H groups in total. The van der Waals surface area contributed by atoms with Gasteiger partial charge in [0, 0.05) is 12.0 Å². The molecule has 0 bridgehead atoms. The van der Waals surface area contributed by atoms with E-state index in [0.717, 1.165) is 0 Å². The van der Waals surface area contributed by atoms with Crippen LogP contribution in [0.5, 0.6) is 0 Å². The summed E-state index contributed by atoms with van der Waals surface area (Å²) in [5.41, 5.74) is 1.51. The molecule has 96 valence electrons. The Kier molecular flexibility index (Phi) is 2.59. The predicted octanol–water partition coefficient (Wildman–Crippen LogP) is 0.0620. The number of aromatic nitrogens is 3. The van der Waals surface area contributed by atoms with E-state index in [-0.39, 0.29) is 18.2 Å². The lowest BCUT2D eigenvalue weighted by molar-refractivity contribution is -0.134. The zero-order valence-corrected chi connectivity index (χ0v) is 9.87. The summed E-state index contributed by atoms with van der Waals surface area (Å²) < 4.78 is 1.52. The molecule has 1 fully saturated rings. The lowest BCUT2D eigenvalue weighted by Gasteiger charge is -2.21. The molecule has 19 heavy (non-hydrogen) atoms. The monoisotopic (exact) mass is 258 g/mol. The fraction of sp³-hybridized carbons (Fsp3) is 0.250. The molecule has 1 aliphatic rings. The number of pyridine rings is 1. The number of imide groups is 1. The van der Waals surface area contributed by atoms with Crippen molar-refractivity contribution in [2.24, 2.45) is 0 Å². The van der Waals surface area contributed by atoms with Crippen molar-refractivity contribution in [2.75, 3.05) is 0 Å². The van der Waals surface area contributed by atoms with E-state index >= 15 is 0 Å². The van der Waals surface area contributed by atoms with Gasteiger partial charge in [-0.3, -0.25) is 19.7 Å². The maximum Gasteiger partial charge on any atom is 0.235 e. The van der Waals surface area contributed by atoms with E-state index < -0.39 is 5.92 Å². The van der Waals surface area contributed by atoms with E-state index in [9.17, 15) is 14.4 Å². The third-order valence-corrected chi connectivity index (χ3v) is 3.16. The van der Waals surface area contributed by atoms with Crippen LogP contribution in [0, 0.1) is 0 Å². The van der Waals surface area contributed by atoms with Gasteiger partial charge in [0.15, 0.2) is 5.65 Å². The fourth-order valence-electron chi connectivity index (χ4n) is 2.26. The van der Waals surface area contributed by atoms with Crippen LogP contribution < -0.4 is 5.32 Å². The molecule has 1 unspecified atom stereocenters. The number of carbonyl (C=O) groups excluding carboxylic acids is 3. The number of aldehydes is 1. The van der Waals surface area contributed by atoms with Crippen LogP contribution >= 0.6 is 0 Å². The Morgan fingerprint density at radius 1 is 1.37 bits per heavy atom. The number of nitrogens with zero attached hydrogens (tertiary/aromatic N) is 3. The molecule has 3 rings (SSSR count). The molecule has 2 aromatic heterocycles. The first-order valence-electron chi connectivity index (χ1n) is 5.81. The van der Waals surface area contributed by atoms with Gasteiger partial charge in [-0.1, -0.05) is 0 Å². The summed E-state index contributed by atoms with van der Waals surface area (Å²) >= 11 is 0. The molecule has 0 radical (unpaired) electrons. The van der Waals surface area contributed by atoms with Gasteiger partial charge in [-0.15, -0.1) is 0 Å². The lowest BCUT2D eigenvalue weighted by atomic mass is 9.93. The summed E-state index contributed by atoms with van der Waals surface area (Å²) in [6, 6.07) is 3.20. The third-order valence-electron chi connectivity index (χ3n) is 3.16. The molecule has 2 aromatic rings. The first-order valence-corrected chi connectivity index (χ1v) is 5.81. The summed E-state index contributed by atoms with van der Waals surface area (Å²) in [6.45, 7) is 0. The van der Waals surface area contributed by atoms with Crippen molar-refractivity contribution in [1.29, 1.82) is 0 Å². The minimum absolute atomic E-state index is 0.275. The van der Waals surface area contributed by atoms with Crippen LogP contribution in [-0.2, 0) is 9.59 Å². The average molecular weight is 258 g/mol. The van der Waals surface area contributed by atoms with E-state index in [2.05, 4.69) is 15.4 Å². The van der Waals surface area contributed by atoms with E-state index in [1.165, 1.54) is 10.8 Å². The molecule has 1 saturated heterocycles. The molecule has 7 heteroatoms. The van der Waals surface area contributed by atoms with Gasteiger partial charge in [-0.05, 0) is 18.6 Å². The molecule has 2 amide bonds. The first kappa shape index (κ1) is 11.5. The van der Waals surface area contributed by atoms with Crippen LogP contribution in [0.15, 0.2) is 18.5 Å². The predicted molar refractivity (Wildman–Crippen MR) is 63.5 cm³/mol. The molecular weight excluding hydrogens is 248 g/mol. The van der Waals surface area contributed by atoms with Crippen LogP contribution in [0.3, 0.4) is 0 Å². The van der Waals surface area contributed by atoms with E-state index in [0.29, 0.717) is 29.6 Å². The second-order valence-corrected chi connectivity index (χ2v) is 4.37. The Labute approximate surface area is 107 Å². The second-order valence-electron chi connectivity index (χ2n) is 4.37. The topological polar surface area (TPSA) is 93.4 Å². The maximum absolute atomic E-state index is 11.9. The van der Waals surface area contributed by atoms with Gasteiger partial charge in [0.05, 0.1) is 11.6 Å². The first-order chi connectivity index (χ1) is 9.19. The number of nitrogens with one attached hydrogen (secondary N) is 1. The van der Waals surface area contributed by atoms with Gasteiger partial charge in [-0.2, -0.15) is 5.10 Å². The molecule has 3 heterocycles. The van der Waals surface area contributed by atoms with Gasteiger partial charge >= 0.3 is 0 Å². The van der Waals surface area contributed by atoms with Crippen LogP contribution in [0.2, 0.25) is 0 Å². The maximum atomic E-state index is 11.9. The number of hydrogen-bond acceptors (Lipinski definition) is 5. The normalized spacial score (nSPS) is 19.5. The fourth-order valence-corrected chi connectivity index (χ4v) is 2.26. The zero-order valence-electron chi connectivity index (χ0n) is 9.87. The summed E-state index contributed by atoms with van der Waals surface area (Å²) in [6.07, 6.45) is 2.74. The SMILES string of the molecule is O=Cc1cc(C2CCC(=O)NC2=O)n2ncnc2c1. The largest absolute Gasteiger partial charge is 0.298 e. The minimum Gasteiger partial charge on any atom is -0.298 e. The highest BCUT2D eigenvalue weighted by Gasteiger charge is 2.30. The molecule has 7 nitrogen and oxygen atoms in total. The number of piperidine rings is 1. The standard InChI is InChI=1S/C12H10N4O3/c17-5-7-3-9(16-10(4-7)13-6-14-16)8-1-2-11(18)15-12(8)19/h3-6,8H,1-2H2,(H,15,18,19). The zero-order chi connectivity index (χ0) is 13.4. The molecular formula is C12H10N4O3. The molecule has 1 atom stereocenters. The molecule has 0 saturated carbocycles. The highest BCUT2D eigenvalue weighted by atomic mass is 16.2. The van der Waals surface area contributed by atoms with Gasteiger partial charge in [0.25, 0.3) is 0 Å². The number of hydrogen-bond donors (Lipinski definition) is 1. The van der Waals surface area contributed by atoms with Crippen molar-refractivity contribution in [2.45, 2.75) is 18.8 Å². The summed E-state index contributed by atoms with van der Waals surface area (Å²) in [5, 5.41) is 6.34. The minimum atomic E-state index is -0.498. The number of rotatable bonds is 2. The number of carbonyl (C=O) groups is 3. The van der Waals surface area contributed by atoms with E-state index in [1.54, 1.807) is 12.1 Å². The third kappa shape index (κ3) is 1.88. The molecule has 0 aromatic carbocycles. The quantitative estimate of drug-likeness (QED) is 0.607. The Hall–Kier alpha value is -2.57. The van der Waals surface area contributed by atoms with E-state index in [1.807, 2.05) is 0 Å². The van der Waals surface area contributed by atoms with Gasteiger partial charge < -0.3 is 0 Å². The van der Waals surface area contributed by atoms with Crippen LogP contribution in [-0.4, -0.2) is 32.7 Å². The Morgan fingerprint density at radius 2 is 2.21 bits per heavy atom. The van der Waals surface area contributed by atoms with Crippen molar-refractivity contribution in [3.05, 3.63) is 29.7 Å². The van der Waals surface area contributed by atoms with Gasteiger partial charge in [0.2, 0.25) is 11.8 Å². The van der Waals surface area contributed by atoms with Crippen LogP contribution in [0.25, 0.3) is 5.65 Å². The molecule has 0 spiro atoms. The Morgan fingerprint density at radius 3 is 2.95 bits per heavy atom. The molecule has 1 aliphatic heterocycles. The number of fused-ring (bicyclic) bond motifs is 1. The summed E-state index contributed by atoms with van der Waals surface area (Å²) in [4.78, 5) is 38.0. The van der Waals surface area contributed by atoms with E-state index in [4.69, 9.17) is 0 Å². The average Bonchev–Trinajstić information content (AvgIpc) is 2.86. The Bertz CT molecular complexity index is 691. The number of amides is 2. The van der Waals surface area contributed by atoms with Crippen molar-refractivity contribution < 1.29 is 14.4 Å². The highest BCUT2D eigenvalue weighted by molar-refractivity contribution is 6.01. The van der Waals surface area contributed by atoms with Gasteiger partial charge in [0.1, 0.15) is 12.6 Å². The second kappa shape index (κ2) is 4.27. The van der Waals surface area contributed by atoms with Crippen molar-refractivity contribution in [3.8, 4) is 0 Å². The lowest BCUT2D eigenvalue weighted by Crippen LogP contribution is -2.40. The summed E-state index contributed by atoms with van der Waals surface area (Å²) in [5.74, 6) is -1.14. The van der Waals surface area contributed by atoms with Crippen LogP contribution in [0.4, 0.5) is 0 Å². The smallest absolute Gasteiger partial charge is 0.235 e. The molecule has 0 aliphatic carbocycles. The van der Waals surface area contributed by atoms with Crippen molar-refractivity contribution >= 4 is 23.7 Å².